The second kappa shape index (κ2) is 10.3. The number of aliphatic hydroxyl groups is 1. The SMILES string of the molecule is CCOCCN(C)CCOc1ccc(C#CCO)cc1. The van der Waals surface area contributed by atoms with Crippen molar-refractivity contribution in [1.82, 2.24) is 4.90 Å². The number of benzene rings is 1. The Labute approximate surface area is 121 Å². The molecule has 0 fully saturated rings. The van der Waals surface area contributed by atoms with Crippen molar-refractivity contribution in [2.24, 2.45) is 0 Å². The molecule has 1 aromatic carbocycles. The topological polar surface area (TPSA) is 41.9 Å². The highest BCUT2D eigenvalue weighted by Gasteiger charge is 1.99. The Morgan fingerprint density at radius 2 is 1.85 bits per heavy atom. The van der Waals surface area contributed by atoms with Crippen molar-refractivity contribution < 1.29 is 14.6 Å². The van der Waals surface area contributed by atoms with Crippen molar-refractivity contribution in [3.63, 3.8) is 0 Å². The van der Waals surface area contributed by atoms with Gasteiger partial charge in [-0.15, -0.1) is 0 Å². The third-order valence-corrected chi connectivity index (χ3v) is 2.73. The van der Waals surface area contributed by atoms with Crippen LogP contribution in [0.1, 0.15) is 12.5 Å². The molecule has 4 heteroatoms. The highest BCUT2D eigenvalue weighted by Crippen LogP contribution is 2.11. The summed E-state index contributed by atoms with van der Waals surface area (Å²) in [7, 11) is 2.05. The number of rotatable bonds is 8. The van der Waals surface area contributed by atoms with E-state index in [4.69, 9.17) is 14.6 Å². The second-order valence-corrected chi connectivity index (χ2v) is 4.33. The van der Waals surface area contributed by atoms with Gasteiger partial charge in [-0.25, -0.2) is 0 Å². The van der Waals surface area contributed by atoms with Gasteiger partial charge in [-0.2, -0.15) is 0 Å². The minimum absolute atomic E-state index is 0.119. The van der Waals surface area contributed by atoms with Crippen LogP contribution in [-0.4, -0.2) is 56.6 Å². The third-order valence-electron chi connectivity index (χ3n) is 2.73. The predicted molar refractivity (Wildman–Crippen MR) is 79.9 cm³/mol. The fraction of sp³-hybridized carbons (Fsp3) is 0.500. The highest BCUT2D eigenvalue weighted by molar-refractivity contribution is 5.38. The summed E-state index contributed by atoms with van der Waals surface area (Å²) in [5.41, 5.74) is 0.875. The molecule has 1 aromatic rings. The van der Waals surface area contributed by atoms with E-state index in [9.17, 15) is 0 Å². The molecule has 1 N–H and O–H groups in total. The van der Waals surface area contributed by atoms with Crippen LogP contribution in [0.4, 0.5) is 0 Å². The third kappa shape index (κ3) is 7.15. The monoisotopic (exact) mass is 277 g/mol. The molecule has 0 bridgehead atoms. The van der Waals surface area contributed by atoms with Gasteiger partial charge in [-0.05, 0) is 38.2 Å². The molecule has 0 aliphatic rings. The molecule has 0 aliphatic carbocycles. The number of likely N-dealkylation sites (N-methyl/N-ethyl adjacent to an activating group) is 1. The maximum atomic E-state index is 8.62. The molecule has 0 heterocycles. The molecule has 0 spiro atoms. The van der Waals surface area contributed by atoms with Crippen molar-refractivity contribution in [1.29, 1.82) is 0 Å². The van der Waals surface area contributed by atoms with Gasteiger partial charge in [0.05, 0.1) is 6.61 Å². The van der Waals surface area contributed by atoms with Crippen molar-refractivity contribution in [2.75, 3.05) is 46.6 Å². The van der Waals surface area contributed by atoms with E-state index >= 15 is 0 Å². The smallest absolute Gasteiger partial charge is 0.119 e. The Morgan fingerprint density at radius 3 is 2.50 bits per heavy atom. The maximum absolute atomic E-state index is 8.62. The summed E-state index contributed by atoms with van der Waals surface area (Å²) in [4.78, 5) is 2.18. The standard InChI is InChI=1S/C16H23NO3/c1-3-19-13-10-17(2)11-14-20-16-8-6-15(7-9-16)5-4-12-18/h6-9,18H,3,10-14H2,1-2H3. The van der Waals surface area contributed by atoms with Crippen LogP contribution in [0, 0.1) is 11.8 Å². The van der Waals surface area contributed by atoms with E-state index in [2.05, 4.69) is 23.8 Å². The van der Waals surface area contributed by atoms with E-state index in [0.717, 1.165) is 37.6 Å². The average molecular weight is 277 g/mol. The Kier molecular flexibility index (Phi) is 8.48. The van der Waals surface area contributed by atoms with Crippen LogP contribution < -0.4 is 4.74 Å². The van der Waals surface area contributed by atoms with Gasteiger partial charge >= 0.3 is 0 Å². The number of hydrogen-bond donors (Lipinski definition) is 1. The molecule has 0 aromatic heterocycles. The van der Waals surface area contributed by atoms with Crippen LogP contribution in [0.3, 0.4) is 0 Å². The van der Waals surface area contributed by atoms with E-state index in [1.54, 1.807) is 0 Å². The predicted octanol–water partition coefficient (Wildman–Crippen LogP) is 1.38. The van der Waals surface area contributed by atoms with Gasteiger partial charge in [0.25, 0.3) is 0 Å². The molecule has 0 aliphatic heterocycles. The summed E-state index contributed by atoms with van der Waals surface area (Å²) in [5, 5.41) is 8.62. The molecule has 0 unspecified atom stereocenters. The molecule has 0 amide bonds. The van der Waals surface area contributed by atoms with Crippen molar-refractivity contribution in [2.45, 2.75) is 6.92 Å². The molecule has 20 heavy (non-hydrogen) atoms. The van der Waals surface area contributed by atoms with Crippen LogP contribution in [0.2, 0.25) is 0 Å². The summed E-state index contributed by atoms with van der Waals surface area (Å²) in [6.45, 7) is 5.81. The van der Waals surface area contributed by atoms with Crippen LogP contribution in [0.25, 0.3) is 0 Å². The first-order valence-corrected chi connectivity index (χ1v) is 6.85. The number of aliphatic hydroxyl groups excluding tert-OH is 1. The Morgan fingerprint density at radius 1 is 1.15 bits per heavy atom. The first kappa shape index (κ1) is 16.5. The lowest BCUT2D eigenvalue weighted by Crippen LogP contribution is -2.27. The van der Waals surface area contributed by atoms with Crippen LogP contribution in [0.15, 0.2) is 24.3 Å². The highest BCUT2D eigenvalue weighted by atomic mass is 16.5. The first-order chi connectivity index (χ1) is 9.76. The van der Waals surface area contributed by atoms with Crippen molar-refractivity contribution in [3.8, 4) is 17.6 Å². The quantitative estimate of drug-likeness (QED) is 0.576. The van der Waals surface area contributed by atoms with Crippen LogP contribution >= 0.6 is 0 Å². The van der Waals surface area contributed by atoms with Crippen molar-refractivity contribution >= 4 is 0 Å². The van der Waals surface area contributed by atoms with Gasteiger partial charge in [-0.3, -0.25) is 0 Å². The molecule has 4 nitrogen and oxygen atoms in total. The first-order valence-electron chi connectivity index (χ1n) is 6.85. The normalized spacial score (nSPS) is 10.2. The van der Waals surface area contributed by atoms with E-state index in [1.807, 2.05) is 31.2 Å². The number of nitrogens with zero attached hydrogens (tertiary/aromatic N) is 1. The lowest BCUT2D eigenvalue weighted by molar-refractivity contribution is 0.116. The fourth-order valence-corrected chi connectivity index (χ4v) is 1.57. The van der Waals surface area contributed by atoms with Crippen molar-refractivity contribution in [3.05, 3.63) is 29.8 Å². The van der Waals surface area contributed by atoms with Gasteiger partial charge in [0, 0.05) is 25.3 Å². The Hall–Kier alpha value is -1.54. The lowest BCUT2D eigenvalue weighted by Gasteiger charge is -2.16. The van der Waals surface area contributed by atoms with E-state index in [-0.39, 0.29) is 6.61 Å². The molecule has 0 radical (unpaired) electrons. The zero-order chi connectivity index (χ0) is 14.6. The largest absolute Gasteiger partial charge is 0.492 e. The van der Waals surface area contributed by atoms with Gasteiger partial charge < -0.3 is 19.5 Å². The molecule has 0 atom stereocenters. The molecule has 1 rings (SSSR count). The molecule has 110 valence electrons. The van der Waals surface area contributed by atoms with Gasteiger partial charge in [-0.1, -0.05) is 11.8 Å². The second-order valence-electron chi connectivity index (χ2n) is 4.33. The van der Waals surface area contributed by atoms with Gasteiger partial charge in [0.2, 0.25) is 0 Å². The van der Waals surface area contributed by atoms with Gasteiger partial charge in [0.1, 0.15) is 19.0 Å². The van der Waals surface area contributed by atoms with E-state index in [0.29, 0.717) is 6.61 Å². The molecule has 0 saturated carbocycles. The lowest BCUT2D eigenvalue weighted by atomic mass is 10.2. The summed E-state index contributed by atoms with van der Waals surface area (Å²) in [5.74, 6) is 6.29. The summed E-state index contributed by atoms with van der Waals surface area (Å²) >= 11 is 0. The summed E-state index contributed by atoms with van der Waals surface area (Å²) in [6.07, 6.45) is 0. The minimum atomic E-state index is -0.119. The van der Waals surface area contributed by atoms with E-state index in [1.165, 1.54) is 0 Å². The number of ether oxygens (including phenoxy) is 2. The van der Waals surface area contributed by atoms with Crippen LogP contribution in [0.5, 0.6) is 5.75 Å². The Balaban J connectivity index is 2.24. The average Bonchev–Trinajstić information content (AvgIpc) is 2.47. The van der Waals surface area contributed by atoms with E-state index < -0.39 is 0 Å². The zero-order valence-corrected chi connectivity index (χ0v) is 12.3. The summed E-state index contributed by atoms with van der Waals surface area (Å²) < 4.78 is 11.0. The zero-order valence-electron chi connectivity index (χ0n) is 12.3. The Bertz CT molecular complexity index is 420. The molecular weight excluding hydrogens is 254 g/mol. The number of hydrogen-bond acceptors (Lipinski definition) is 4. The molecule has 0 saturated heterocycles. The molecular formula is C16H23NO3. The summed E-state index contributed by atoms with van der Waals surface area (Å²) in [6, 6.07) is 7.55. The van der Waals surface area contributed by atoms with Crippen LogP contribution in [-0.2, 0) is 4.74 Å². The minimum Gasteiger partial charge on any atom is -0.492 e. The maximum Gasteiger partial charge on any atom is 0.119 e. The fourth-order valence-electron chi connectivity index (χ4n) is 1.57. The van der Waals surface area contributed by atoms with Gasteiger partial charge in [0.15, 0.2) is 0 Å².